The Bertz CT molecular complexity index is 879. The smallest absolute Gasteiger partial charge is 0.338 e. The van der Waals surface area contributed by atoms with Gasteiger partial charge in [-0.25, -0.2) is 9.59 Å². The van der Waals surface area contributed by atoms with Gasteiger partial charge in [0.1, 0.15) is 6.61 Å². The van der Waals surface area contributed by atoms with Crippen molar-refractivity contribution in [2.45, 2.75) is 24.8 Å². The number of benzene rings is 2. The van der Waals surface area contributed by atoms with Gasteiger partial charge in [-0.3, -0.25) is 0 Å². The lowest BCUT2D eigenvalue weighted by molar-refractivity contribution is -0.160. The largest absolute Gasteiger partial charge is 0.479 e. The molecule has 0 aliphatic heterocycles. The third-order valence-corrected chi connectivity index (χ3v) is 4.63. The Hall–Kier alpha value is -3.10. The molecular weight excluding hydrogens is 330 g/mol. The molecule has 5 heteroatoms. The summed E-state index contributed by atoms with van der Waals surface area (Å²) in [6.45, 7) is 1.58. The van der Waals surface area contributed by atoms with Crippen molar-refractivity contribution in [1.29, 1.82) is 0 Å². The fraction of sp³-hybridized carbons (Fsp3) is 0.238. The third-order valence-electron chi connectivity index (χ3n) is 4.63. The number of nitrogens with two attached hydrogens (primary N) is 1. The van der Waals surface area contributed by atoms with Crippen LogP contribution in [-0.4, -0.2) is 29.2 Å². The maximum atomic E-state index is 12.4. The van der Waals surface area contributed by atoms with Crippen LogP contribution in [0.1, 0.15) is 30.4 Å². The minimum absolute atomic E-state index is 0.0264. The minimum Gasteiger partial charge on any atom is -0.479 e. The fourth-order valence-corrected chi connectivity index (χ4v) is 3.19. The van der Waals surface area contributed by atoms with Gasteiger partial charge >= 0.3 is 11.9 Å². The van der Waals surface area contributed by atoms with Gasteiger partial charge in [-0.05, 0) is 29.2 Å². The van der Waals surface area contributed by atoms with E-state index in [-0.39, 0.29) is 18.9 Å². The van der Waals surface area contributed by atoms with Gasteiger partial charge in [0, 0.05) is 12.3 Å². The summed E-state index contributed by atoms with van der Waals surface area (Å²) in [5.41, 5.74) is 7.89. The van der Waals surface area contributed by atoms with E-state index in [0.717, 1.165) is 22.3 Å². The Kier molecular flexibility index (Phi) is 4.79. The zero-order chi connectivity index (χ0) is 18.7. The molecule has 0 spiro atoms. The van der Waals surface area contributed by atoms with Gasteiger partial charge in [-0.1, -0.05) is 48.5 Å². The van der Waals surface area contributed by atoms with Crippen LogP contribution in [0.4, 0.5) is 0 Å². The predicted molar refractivity (Wildman–Crippen MR) is 97.3 cm³/mol. The molecule has 2 aromatic rings. The first-order valence-electron chi connectivity index (χ1n) is 8.26. The van der Waals surface area contributed by atoms with E-state index in [1.54, 1.807) is 6.92 Å². The number of esters is 1. The molecule has 1 aliphatic carbocycles. The van der Waals surface area contributed by atoms with E-state index in [4.69, 9.17) is 10.5 Å². The first-order valence-corrected chi connectivity index (χ1v) is 8.26. The van der Waals surface area contributed by atoms with E-state index >= 15 is 0 Å². The van der Waals surface area contributed by atoms with Crippen molar-refractivity contribution in [2.24, 2.45) is 5.73 Å². The molecule has 2 aromatic carbocycles. The van der Waals surface area contributed by atoms with Crippen molar-refractivity contribution in [2.75, 3.05) is 6.61 Å². The number of carbonyl (C=O) groups excluding carboxylic acids is 1. The molecule has 0 saturated heterocycles. The van der Waals surface area contributed by atoms with Gasteiger partial charge in [-0.15, -0.1) is 11.8 Å². The Morgan fingerprint density at radius 2 is 1.65 bits per heavy atom. The standard InChI is InChI=1S/C21H19NO4/c1-2-3-12-21(22,19(23)24)20(25)26-13-18-16-10-6-4-8-14(16)15-9-5-7-11-17(15)18/h4-11,18H,12-13,22H2,1H3,(H,23,24)/t21-/m0/s1. The maximum Gasteiger partial charge on any atom is 0.338 e. The molecule has 0 bridgehead atoms. The van der Waals surface area contributed by atoms with E-state index in [1.807, 2.05) is 48.5 Å². The number of carboxylic acid groups (broad SMARTS) is 1. The second kappa shape index (κ2) is 7.03. The zero-order valence-electron chi connectivity index (χ0n) is 14.4. The number of carbonyl (C=O) groups is 2. The summed E-state index contributed by atoms with van der Waals surface area (Å²) < 4.78 is 5.35. The molecule has 0 saturated carbocycles. The molecule has 1 atom stereocenters. The van der Waals surface area contributed by atoms with Crippen LogP contribution in [-0.2, 0) is 14.3 Å². The summed E-state index contributed by atoms with van der Waals surface area (Å²) in [6, 6.07) is 15.8. The molecule has 0 amide bonds. The molecule has 26 heavy (non-hydrogen) atoms. The summed E-state index contributed by atoms with van der Waals surface area (Å²) in [7, 11) is 0. The second-order valence-corrected chi connectivity index (χ2v) is 6.21. The number of hydrogen-bond acceptors (Lipinski definition) is 4. The Labute approximate surface area is 151 Å². The molecule has 1 aliphatic rings. The van der Waals surface area contributed by atoms with Gasteiger partial charge in [0.15, 0.2) is 0 Å². The number of fused-ring (bicyclic) bond motifs is 3. The summed E-state index contributed by atoms with van der Waals surface area (Å²) in [5, 5.41) is 9.34. The van der Waals surface area contributed by atoms with E-state index in [9.17, 15) is 14.7 Å². The van der Waals surface area contributed by atoms with Crippen LogP contribution in [0.15, 0.2) is 48.5 Å². The first-order chi connectivity index (χ1) is 12.5. The van der Waals surface area contributed by atoms with Crippen molar-refractivity contribution >= 4 is 11.9 Å². The molecule has 0 heterocycles. The molecule has 0 radical (unpaired) electrons. The molecular formula is C21H19NO4. The van der Waals surface area contributed by atoms with E-state index in [2.05, 4.69) is 11.8 Å². The van der Waals surface area contributed by atoms with Gasteiger partial charge < -0.3 is 15.6 Å². The topological polar surface area (TPSA) is 89.6 Å². The van der Waals surface area contributed by atoms with Crippen molar-refractivity contribution in [3.8, 4) is 23.0 Å². The molecule has 0 fully saturated rings. The van der Waals surface area contributed by atoms with E-state index < -0.39 is 17.5 Å². The fourth-order valence-electron chi connectivity index (χ4n) is 3.19. The van der Waals surface area contributed by atoms with Crippen LogP contribution in [0, 0.1) is 11.8 Å². The SMILES string of the molecule is CC#CC[C@](N)(C(=O)O)C(=O)OCC1c2ccccc2-c2ccccc21. The van der Waals surface area contributed by atoms with Crippen molar-refractivity contribution in [3.05, 3.63) is 59.7 Å². The van der Waals surface area contributed by atoms with Crippen LogP contribution < -0.4 is 5.73 Å². The maximum absolute atomic E-state index is 12.4. The lowest BCUT2D eigenvalue weighted by Crippen LogP contribution is -2.55. The van der Waals surface area contributed by atoms with Gasteiger partial charge in [0.2, 0.25) is 5.54 Å². The quantitative estimate of drug-likeness (QED) is 0.492. The van der Waals surface area contributed by atoms with E-state index in [0.29, 0.717) is 0 Å². The lowest BCUT2D eigenvalue weighted by Gasteiger charge is -2.22. The summed E-state index contributed by atoms with van der Waals surface area (Å²) >= 11 is 0. The number of aliphatic carboxylic acids is 1. The normalized spacial score (nSPS) is 14.4. The molecule has 0 aromatic heterocycles. The predicted octanol–water partition coefficient (Wildman–Crippen LogP) is 2.54. The third kappa shape index (κ3) is 2.96. The number of carboxylic acids is 1. The summed E-state index contributed by atoms with van der Waals surface area (Å²) in [4.78, 5) is 23.9. The van der Waals surface area contributed by atoms with Crippen LogP contribution in [0.5, 0.6) is 0 Å². The summed E-state index contributed by atoms with van der Waals surface area (Å²) in [5.74, 6) is 2.53. The molecule has 3 rings (SSSR count). The summed E-state index contributed by atoms with van der Waals surface area (Å²) in [6.07, 6.45) is -0.296. The average molecular weight is 349 g/mol. The highest BCUT2D eigenvalue weighted by Crippen LogP contribution is 2.44. The van der Waals surface area contributed by atoms with Gasteiger partial charge in [0.05, 0.1) is 0 Å². The van der Waals surface area contributed by atoms with Crippen LogP contribution in [0.25, 0.3) is 11.1 Å². The molecule has 3 N–H and O–H groups in total. The minimum atomic E-state index is -2.17. The molecule has 132 valence electrons. The van der Waals surface area contributed by atoms with Crippen molar-refractivity contribution < 1.29 is 19.4 Å². The average Bonchev–Trinajstić information content (AvgIpc) is 2.98. The van der Waals surface area contributed by atoms with Crippen LogP contribution in [0.2, 0.25) is 0 Å². The molecule has 0 unspecified atom stereocenters. The zero-order valence-corrected chi connectivity index (χ0v) is 14.4. The number of ether oxygens (including phenoxy) is 1. The molecule has 5 nitrogen and oxygen atoms in total. The first kappa shape index (κ1) is 17.7. The van der Waals surface area contributed by atoms with Gasteiger partial charge in [-0.2, -0.15) is 0 Å². The lowest BCUT2D eigenvalue weighted by atomic mass is 9.96. The highest BCUT2D eigenvalue weighted by Gasteiger charge is 2.44. The van der Waals surface area contributed by atoms with Crippen LogP contribution >= 0.6 is 0 Å². The van der Waals surface area contributed by atoms with Crippen molar-refractivity contribution in [1.82, 2.24) is 0 Å². The van der Waals surface area contributed by atoms with E-state index in [1.165, 1.54) is 0 Å². The van der Waals surface area contributed by atoms with Crippen LogP contribution in [0.3, 0.4) is 0 Å². The van der Waals surface area contributed by atoms with Crippen molar-refractivity contribution in [3.63, 3.8) is 0 Å². The second-order valence-electron chi connectivity index (χ2n) is 6.21. The highest BCUT2D eigenvalue weighted by molar-refractivity contribution is 6.04. The highest BCUT2D eigenvalue weighted by atomic mass is 16.5. The Morgan fingerprint density at radius 3 is 2.15 bits per heavy atom. The van der Waals surface area contributed by atoms with Gasteiger partial charge in [0.25, 0.3) is 0 Å². The number of rotatable bonds is 5. The number of hydrogen-bond donors (Lipinski definition) is 2. The Balaban J connectivity index is 1.84. The Morgan fingerprint density at radius 1 is 1.12 bits per heavy atom. The monoisotopic (exact) mass is 349 g/mol.